The van der Waals surface area contributed by atoms with E-state index in [0.717, 1.165) is 31.2 Å². The van der Waals surface area contributed by atoms with Gasteiger partial charge in [-0.3, -0.25) is 9.59 Å². The van der Waals surface area contributed by atoms with Crippen molar-refractivity contribution < 1.29 is 9.59 Å². The van der Waals surface area contributed by atoms with E-state index < -0.39 is 5.41 Å². The number of Topliss-reactive ketones (excluding diaryl/α,β-unsaturated/α-hetero) is 1. The lowest BCUT2D eigenvalue weighted by atomic mass is 9.52. The molecule has 2 saturated carbocycles. The Labute approximate surface area is 119 Å². The fourth-order valence-electron chi connectivity index (χ4n) is 3.71. The standard InChI is InChI=1S/C17H21NO2/c1-12(13-6-3-2-4-7-13)18-16(20)17-10-5-8-15(19)14(17)9-11-17/h2-4,6-7,12,14H,5,8-11H2,1H3,(H,18,20)/t12-,14?,17-/m0/s1. The van der Waals surface area contributed by atoms with Gasteiger partial charge in [-0.25, -0.2) is 0 Å². The number of hydrogen-bond acceptors (Lipinski definition) is 2. The highest BCUT2D eigenvalue weighted by molar-refractivity contribution is 5.94. The minimum atomic E-state index is -0.391. The molecule has 20 heavy (non-hydrogen) atoms. The maximum absolute atomic E-state index is 12.6. The minimum absolute atomic E-state index is 0.00338. The van der Waals surface area contributed by atoms with E-state index in [9.17, 15) is 9.59 Å². The van der Waals surface area contributed by atoms with Crippen LogP contribution in [0, 0.1) is 11.3 Å². The van der Waals surface area contributed by atoms with Gasteiger partial charge in [-0.15, -0.1) is 0 Å². The van der Waals surface area contributed by atoms with Crippen LogP contribution in [-0.2, 0) is 9.59 Å². The summed E-state index contributed by atoms with van der Waals surface area (Å²) in [4.78, 5) is 24.6. The lowest BCUT2D eigenvalue weighted by molar-refractivity contribution is -0.156. The van der Waals surface area contributed by atoms with Crippen LogP contribution in [0.15, 0.2) is 30.3 Å². The molecule has 106 valence electrons. The van der Waals surface area contributed by atoms with Gasteiger partial charge in [-0.1, -0.05) is 30.3 Å². The number of amides is 1. The van der Waals surface area contributed by atoms with Crippen LogP contribution < -0.4 is 5.32 Å². The topological polar surface area (TPSA) is 46.2 Å². The van der Waals surface area contributed by atoms with Gasteiger partial charge in [0.15, 0.2) is 0 Å². The quantitative estimate of drug-likeness (QED) is 0.918. The van der Waals surface area contributed by atoms with Gasteiger partial charge in [0.2, 0.25) is 5.91 Å². The van der Waals surface area contributed by atoms with E-state index in [-0.39, 0.29) is 17.9 Å². The van der Waals surface area contributed by atoms with Crippen LogP contribution in [0.3, 0.4) is 0 Å². The van der Waals surface area contributed by atoms with Crippen LogP contribution in [0.2, 0.25) is 0 Å². The summed E-state index contributed by atoms with van der Waals surface area (Å²) in [6, 6.07) is 9.97. The van der Waals surface area contributed by atoms with Crippen LogP contribution in [-0.4, -0.2) is 11.7 Å². The Morgan fingerprint density at radius 3 is 2.70 bits per heavy atom. The number of benzene rings is 1. The fraction of sp³-hybridized carbons (Fsp3) is 0.529. The van der Waals surface area contributed by atoms with Gasteiger partial charge in [-0.2, -0.15) is 0 Å². The Bertz CT molecular complexity index is 525. The lowest BCUT2D eigenvalue weighted by Gasteiger charge is -2.50. The lowest BCUT2D eigenvalue weighted by Crippen LogP contribution is -2.56. The van der Waals surface area contributed by atoms with Gasteiger partial charge in [0.25, 0.3) is 0 Å². The predicted octanol–water partition coefficient (Wildman–Crippen LogP) is 3.01. The predicted molar refractivity (Wildman–Crippen MR) is 77.0 cm³/mol. The maximum atomic E-state index is 12.6. The van der Waals surface area contributed by atoms with Gasteiger partial charge in [0.1, 0.15) is 5.78 Å². The number of fused-ring (bicyclic) bond motifs is 1. The average Bonchev–Trinajstić information content (AvgIpc) is 2.42. The first-order chi connectivity index (χ1) is 9.63. The molecular weight excluding hydrogens is 250 g/mol. The molecule has 0 spiro atoms. The molecule has 1 aromatic carbocycles. The largest absolute Gasteiger partial charge is 0.349 e. The molecule has 2 aliphatic carbocycles. The zero-order chi connectivity index (χ0) is 14.2. The molecule has 1 unspecified atom stereocenters. The molecule has 1 amide bonds. The summed E-state index contributed by atoms with van der Waals surface area (Å²) >= 11 is 0. The second-order valence-corrected chi connectivity index (χ2v) is 6.17. The van der Waals surface area contributed by atoms with E-state index >= 15 is 0 Å². The molecule has 0 saturated heterocycles. The van der Waals surface area contributed by atoms with Crippen molar-refractivity contribution in [2.75, 3.05) is 0 Å². The molecule has 0 aliphatic heterocycles. The number of hydrogen-bond donors (Lipinski definition) is 1. The maximum Gasteiger partial charge on any atom is 0.227 e. The Balaban J connectivity index is 1.72. The van der Waals surface area contributed by atoms with Crippen molar-refractivity contribution in [3.8, 4) is 0 Å². The highest BCUT2D eigenvalue weighted by Crippen LogP contribution is 2.54. The van der Waals surface area contributed by atoms with Crippen molar-refractivity contribution in [2.24, 2.45) is 11.3 Å². The van der Waals surface area contributed by atoms with Crippen molar-refractivity contribution >= 4 is 11.7 Å². The van der Waals surface area contributed by atoms with E-state index in [1.54, 1.807) is 0 Å². The number of carbonyl (C=O) groups is 2. The summed E-state index contributed by atoms with van der Waals surface area (Å²) in [6.45, 7) is 2.00. The Hall–Kier alpha value is -1.64. The van der Waals surface area contributed by atoms with Gasteiger partial charge in [0, 0.05) is 12.3 Å². The molecule has 3 heteroatoms. The zero-order valence-corrected chi connectivity index (χ0v) is 11.9. The van der Waals surface area contributed by atoms with Crippen molar-refractivity contribution in [2.45, 2.75) is 45.1 Å². The molecule has 3 nitrogen and oxygen atoms in total. The van der Waals surface area contributed by atoms with Gasteiger partial charge in [-0.05, 0) is 38.2 Å². The summed E-state index contributed by atoms with van der Waals surface area (Å²) in [5.74, 6) is 0.363. The first kappa shape index (κ1) is 13.3. The van der Waals surface area contributed by atoms with Crippen LogP contribution >= 0.6 is 0 Å². The first-order valence-electron chi connectivity index (χ1n) is 7.52. The van der Waals surface area contributed by atoms with Crippen LogP contribution in [0.5, 0.6) is 0 Å². The second-order valence-electron chi connectivity index (χ2n) is 6.17. The average molecular weight is 271 g/mol. The molecule has 2 fully saturated rings. The molecule has 3 atom stereocenters. The van der Waals surface area contributed by atoms with Crippen molar-refractivity contribution in [3.05, 3.63) is 35.9 Å². The highest BCUT2D eigenvalue weighted by atomic mass is 16.2. The molecule has 1 N–H and O–H groups in total. The number of nitrogens with one attached hydrogen (secondary N) is 1. The second kappa shape index (κ2) is 5.04. The third kappa shape index (κ3) is 2.05. The summed E-state index contributed by atoms with van der Waals surface area (Å²) < 4.78 is 0. The zero-order valence-electron chi connectivity index (χ0n) is 11.9. The normalized spacial score (nSPS) is 30.1. The summed E-state index contributed by atoms with van der Waals surface area (Å²) in [6.07, 6.45) is 4.16. The Morgan fingerprint density at radius 2 is 2.05 bits per heavy atom. The SMILES string of the molecule is C[C@H](NC(=O)[C@]12CCCC(=O)C1CC2)c1ccccc1. The van der Waals surface area contributed by atoms with Crippen LogP contribution in [0.25, 0.3) is 0 Å². The molecule has 0 radical (unpaired) electrons. The highest BCUT2D eigenvalue weighted by Gasteiger charge is 2.56. The molecule has 0 bridgehead atoms. The smallest absolute Gasteiger partial charge is 0.227 e. The van der Waals surface area contributed by atoms with Gasteiger partial charge < -0.3 is 5.32 Å². The minimum Gasteiger partial charge on any atom is -0.349 e. The molecule has 0 heterocycles. The fourth-order valence-corrected chi connectivity index (χ4v) is 3.71. The third-order valence-corrected chi connectivity index (χ3v) is 5.08. The first-order valence-corrected chi connectivity index (χ1v) is 7.52. The number of ketones is 1. The van der Waals surface area contributed by atoms with Crippen molar-refractivity contribution in [1.29, 1.82) is 0 Å². The van der Waals surface area contributed by atoms with Crippen molar-refractivity contribution in [3.63, 3.8) is 0 Å². The van der Waals surface area contributed by atoms with E-state index in [4.69, 9.17) is 0 Å². The van der Waals surface area contributed by atoms with E-state index in [1.807, 2.05) is 37.3 Å². The van der Waals surface area contributed by atoms with E-state index in [1.165, 1.54) is 0 Å². The van der Waals surface area contributed by atoms with Gasteiger partial charge in [0.05, 0.1) is 11.5 Å². The Morgan fingerprint density at radius 1 is 1.30 bits per heavy atom. The van der Waals surface area contributed by atoms with Crippen molar-refractivity contribution in [1.82, 2.24) is 5.32 Å². The molecular formula is C17H21NO2. The molecule has 2 aliphatic rings. The van der Waals surface area contributed by atoms with Crippen LogP contribution in [0.4, 0.5) is 0 Å². The third-order valence-electron chi connectivity index (χ3n) is 5.08. The number of carbonyl (C=O) groups excluding carboxylic acids is 2. The monoisotopic (exact) mass is 271 g/mol. The summed E-state index contributed by atoms with van der Waals surface area (Å²) in [5, 5.41) is 3.12. The summed E-state index contributed by atoms with van der Waals surface area (Å²) in [7, 11) is 0. The number of rotatable bonds is 3. The van der Waals surface area contributed by atoms with Crippen LogP contribution in [0.1, 0.15) is 50.6 Å². The molecule has 1 aromatic rings. The van der Waals surface area contributed by atoms with Gasteiger partial charge >= 0.3 is 0 Å². The van der Waals surface area contributed by atoms with E-state index in [0.29, 0.717) is 12.2 Å². The molecule has 3 rings (SSSR count). The summed E-state index contributed by atoms with van der Waals surface area (Å²) in [5.41, 5.74) is 0.716. The Kier molecular flexibility index (Phi) is 3.36. The van der Waals surface area contributed by atoms with E-state index in [2.05, 4.69) is 5.32 Å². The molecule has 0 aromatic heterocycles.